The van der Waals surface area contributed by atoms with Gasteiger partial charge in [-0.3, -0.25) is 11.5 Å². The van der Waals surface area contributed by atoms with E-state index in [0.717, 1.165) is 93.1 Å². The van der Waals surface area contributed by atoms with Crippen molar-refractivity contribution in [3.8, 4) is 23.0 Å². The fourth-order valence-corrected chi connectivity index (χ4v) is 7.35. The standard InChI is InChI=1S/C44H60N12O4/c1-5-9-57-37-25-13-27-19-34(54-42(47)48)21-29(38(27)58-10-6-2)15-31-23-36(56-44(51)52)24-32(40(31)60-12-8-4)16-30-22-35(55-43(49)50)20-28(39(30)59-11-7-3)14-26(37)18-33(17-25)53-41(45)46/h17-24H,5-16H2,1-4H3,(H4,45,46,53)(H4,47,48,54)(H4,49,50,55)(H4,51,52,56)/p+4. The molecule has 4 aromatic carbocycles. The summed E-state index contributed by atoms with van der Waals surface area (Å²) >= 11 is 0. The van der Waals surface area contributed by atoms with Crippen LogP contribution in [0.1, 0.15) is 97.9 Å². The average molecular weight is 825 g/mol. The number of rotatable bonds is 16. The third kappa shape index (κ3) is 11.8. The van der Waals surface area contributed by atoms with Crippen molar-refractivity contribution >= 4 is 46.6 Å². The lowest BCUT2D eigenvalue weighted by molar-refractivity contribution is -0.427. The Hall–Kier alpha value is -6.52. The number of nitrogens with one attached hydrogen (secondary N) is 2. The number of hydrogen-bond acceptors (Lipinski definition) is 6. The summed E-state index contributed by atoms with van der Waals surface area (Å²) in [5.74, 6) is 3.33. The van der Waals surface area contributed by atoms with Gasteiger partial charge in [-0.2, -0.15) is 9.98 Å². The maximum absolute atomic E-state index is 6.70. The zero-order chi connectivity index (χ0) is 43.3. The molecular weight excluding hydrogens is 761 g/mol. The SMILES string of the molecule is CCCOc1c2cc(N=C(N)N)cc1Cc1cc([NH+]=C(N)[NH3+])cc(c1OCCC)Cc1cc([NH+]=C(N)[NH3+])cc(c1OCCC)Cc1cc(N=C(N)N)cc(c1OCCC)C2. The average Bonchev–Trinajstić information content (AvgIpc) is 3.15. The summed E-state index contributed by atoms with van der Waals surface area (Å²) in [6.45, 7) is 10.2. The van der Waals surface area contributed by atoms with E-state index in [9.17, 15) is 0 Å². The molecule has 0 saturated carbocycles. The van der Waals surface area contributed by atoms with Crippen molar-refractivity contribution in [1.29, 1.82) is 0 Å². The molecule has 8 bridgehead atoms. The van der Waals surface area contributed by atoms with E-state index in [1.165, 1.54) is 0 Å². The molecule has 0 radical (unpaired) electrons. The summed E-state index contributed by atoms with van der Waals surface area (Å²) in [5, 5.41) is 0. The van der Waals surface area contributed by atoms with Gasteiger partial charge in [-0.1, -0.05) is 27.7 Å². The Morgan fingerprint density at radius 2 is 0.683 bits per heavy atom. The molecular formula is C44H64N12O4+4. The Morgan fingerprint density at radius 3 is 0.883 bits per heavy atom. The van der Waals surface area contributed by atoms with E-state index in [2.05, 4.69) is 59.1 Å². The number of ether oxygens (including phenoxy) is 4. The molecule has 0 atom stereocenters. The molecule has 0 saturated heterocycles. The third-order valence-corrected chi connectivity index (χ3v) is 9.39. The van der Waals surface area contributed by atoms with Gasteiger partial charge in [0.1, 0.15) is 34.4 Å². The van der Waals surface area contributed by atoms with Crippen molar-refractivity contribution in [3.63, 3.8) is 0 Å². The smallest absolute Gasteiger partial charge is 0.439 e. The molecule has 0 spiro atoms. The molecule has 1 aliphatic carbocycles. The molecule has 4 aromatic rings. The second-order valence-electron chi connectivity index (χ2n) is 14.9. The molecule has 0 fully saturated rings. The number of benzene rings is 4. The Bertz CT molecular complexity index is 1860. The van der Waals surface area contributed by atoms with Crippen LogP contribution in [-0.2, 0) is 25.7 Å². The van der Waals surface area contributed by atoms with Crippen molar-refractivity contribution < 1.29 is 40.4 Å². The number of aliphatic imine (C=N–C) groups is 2. The molecule has 0 aromatic heterocycles. The maximum atomic E-state index is 6.70. The maximum Gasteiger partial charge on any atom is 0.439 e. The predicted molar refractivity (Wildman–Crippen MR) is 236 cm³/mol. The first-order valence-electron chi connectivity index (χ1n) is 20.6. The number of hydrogen-bond donors (Lipinski definition) is 10. The van der Waals surface area contributed by atoms with Crippen LogP contribution in [0.5, 0.6) is 23.0 Å². The highest BCUT2D eigenvalue weighted by Gasteiger charge is 2.25. The van der Waals surface area contributed by atoms with Crippen LogP contribution in [0.3, 0.4) is 0 Å². The number of quaternary nitrogens is 2. The van der Waals surface area contributed by atoms with Crippen LogP contribution in [0.25, 0.3) is 0 Å². The molecule has 0 amide bonds. The van der Waals surface area contributed by atoms with Gasteiger partial charge in [-0.05, 0) is 74.2 Å². The summed E-state index contributed by atoms with van der Waals surface area (Å²) in [4.78, 5) is 15.6. The van der Waals surface area contributed by atoms with Crippen LogP contribution in [0, 0.1) is 0 Å². The van der Waals surface area contributed by atoms with Gasteiger partial charge < -0.3 is 41.9 Å². The van der Waals surface area contributed by atoms with E-state index in [0.29, 0.717) is 86.9 Å². The highest BCUT2D eigenvalue weighted by molar-refractivity contribution is 5.80. The van der Waals surface area contributed by atoms with Crippen molar-refractivity contribution in [1.82, 2.24) is 0 Å². The lowest BCUT2D eigenvalue weighted by Gasteiger charge is -2.23. The van der Waals surface area contributed by atoms with Crippen LogP contribution in [0.15, 0.2) is 58.5 Å². The zero-order valence-electron chi connectivity index (χ0n) is 35.5. The van der Waals surface area contributed by atoms with Crippen LogP contribution in [0.4, 0.5) is 22.7 Å². The van der Waals surface area contributed by atoms with Crippen LogP contribution in [0.2, 0.25) is 0 Å². The summed E-state index contributed by atoms with van der Waals surface area (Å²) in [6.07, 6.45) is 4.69. The molecule has 0 heterocycles. The minimum atomic E-state index is -0.0727. The van der Waals surface area contributed by atoms with Gasteiger partial charge in [0.15, 0.2) is 11.9 Å². The molecule has 60 heavy (non-hydrogen) atoms. The Morgan fingerprint density at radius 1 is 0.450 bits per heavy atom. The normalized spacial score (nSPS) is 12.7. The molecule has 0 aliphatic heterocycles. The molecule has 16 nitrogen and oxygen atoms in total. The number of guanidine groups is 4. The highest BCUT2D eigenvalue weighted by Crippen LogP contribution is 2.42. The topological polar surface area (TPSA) is 301 Å². The summed E-state index contributed by atoms with van der Waals surface area (Å²) < 4.78 is 26.8. The zero-order valence-corrected chi connectivity index (χ0v) is 35.5. The summed E-state index contributed by atoms with van der Waals surface area (Å²) in [5.41, 5.74) is 53.8. The van der Waals surface area contributed by atoms with Gasteiger partial charge >= 0.3 is 11.9 Å². The minimum Gasteiger partial charge on any atom is -0.493 e. The lowest BCUT2D eigenvalue weighted by Crippen LogP contribution is -2.85. The number of fused-ring (bicyclic) bond motifs is 8. The van der Waals surface area contributed by atoms with E-state index in [1.54, 1.807) is 0 Å². The third-order valence-electron chi connectivity index (χ3n) is 9.39. The molecule has 20 N–H and O–H groups in total. The van der Waals surface area contributed by atoms with Crippen molar-refractivity contribution in [3.05, 3.63) is 93.0 Å². The monoisotopic (exact) mass is 825 g/mol. The van der Waals surface area contributed by atoms with Crippen molar-refractivity contribution in [2.45, 2.75) is 79.1 Å². The van der Waals surface area contributed by atoms with E-state index < -0.39 is 0 Å². The van der Waals surface area contributed by atoms with Crippen LogP contribution in [-0.4, -0.2) is 50.3 Å². The van der Waals surface area contributed by atoms with E-state index in [4.69, 9.17) is 53.3 Å². The largest absolute Gasteiger partial charge is 0.493 e. The van der Waals surface area contributed by atoms with Gasteiger partial charge in [0.2, 0.25) is 0 Å². The lowest BCUT2D eigenvalue weighted by atomic mass is 9.90. The minimum absolute atomic E-state index is 0.0727. The Balaban J connectivity index is 2.00. The Labute approximate surface area is 352 Å². The molecule has 1 aliphatic rings. The van der Waals surface area contributed by atoms with Crippen LogP contribution >= 0.6 is 0 Å². The van der Waals surface area contributed by atoms with Gasteiger partial charge in [-0.15, -0.1) is 0 Å². The summed E-state index contributed by atoms with van der Waals surface area (Å²) in [6, 6.07) is 15.9. The number of nitrogens with zero attached hydrogens (tertiary/aromatic N) is 2. The Kier molecular flexibility index (Phi) is 15.6. The summed E-state index contributed by atoms with van der Waals surface area (Å²) in [7, 11) is 0. The second-order valence-corrected chi connectivity index (χ2v) is 14.9. The first-order valence-corrected chi connectivity index (χ1v) is 20.6. The van der Waals surface area contributed by atoms with Crippen LogP contribution < -0.4 is 74.8 Å². The van der Waals surface area contributed by atoms with Crippen molar-refractivity contribution in [2.24, 2.45) is 44.4 Å². The highest BCUT2D eigenvalue weighted by atomic mass is 16.5. The van der Waals surface area contributed by atoms with Crippen molar-refractivity contribution in [2.75, 3.05) is 26.4 Å². The fraction of sp³-hybridized carbons (Fsp3) is 0.364. The van der Waals surface area contributed by atoms with Gasteiger partial charge in [0.05, 0.1) is 37.8 Å². The van der Waals surface area contributed by atoms with E-state index in [1.807, 2.05) is 48.5 Å². The van der Waals surface area contributed by atoms with Gasteiger partial charge in [0, 0.05) is 70.2 Å². The quantitative estimate of drug-likeness (QED) is 0.0464. The molecule has 0 unspecified atom stereocenters. The van der Waals surface area contributed by atoms with E-state index in [-0.39, 0.29) is 11.9 Å². The fourth-order valence-electron chi connectivity index (χ4n) is 7.35. The predicted octanol–water partition coefficient (Wildman–Crippen LogP) is -0.134. The number of nitrogens with two attached hydrogens (primary N) is 6. The molecule has 16 heteroatoms. The van der Waals surface area contributed by atoms with E-state index >= 15 is 0 Å². The molecule has 5 rings (SSSR count). The van der Waals surface area contributed by atoms with Gasteiger partial charge in [-0.25, -0.2) is 21.5 Å². The molecule has 320 valence electrons. The van der Waals surface area contributed by atoms with Gasteiger partial charge in [0.25, 0.3) is 0 Å². The second kappa shape index (κ2) is 20.9. The first-order chi connectivity index (χ1) is 28.8. The first kappa shape index (κ1) is 44.6.